The molecule has 2 aromatic rings. The second-order valence-electron chi connectivity index (χ2n) is 4.98. The molecule has 0 aliphatic carbocycles. The number of carbonyl (C=O) groups excluding carboxylic acids is 1. The molecule has 1 aromatic heterocycles. The van der Waals surface area contributed by atoms with Gasteiger partial charge < -0.3 is 9.32 Å². The Hall–Kier alpha value is -2.30. The number of hydrogen-bond acceptors (Lipinski definition) is 5. The molecule has 0 spiro atoms. The molecule has 0 saturated heterocycles. The summed E-state index contributed by atoms with van der Waals surface area (Å²) in [4.78, 5) is 14.9. The van der Waals surface area contributed by atoms with E-state index in [4.69, 9.17) is 21.9 Å². The van der Waals surface area contributed by atoms with Crippen molar-refractivity contribution in [2.75, 3.05) is 11.4 Å². The summed E-state index contributed by atoms with van der Waals surface area (Å²) < 4.78 is 5.07. The van der Waals surface area contributed by atoms with Gasteiger partial charge >= 0.3 is 0 Å². The Balaban J connectivity index is 1.78. The van der Waals surface area contributed by atoms with Gasteiger partial charge in [-0.05, 0) is 72.7 Å². The third-order valence-electron chi connectivity index (χ3n) is 3.54. The molecule has 0 fully saturated rings. The van der Waals surface area contributed by atoms with Gasteiger partial charge in [0.15, 0.2) is 10.9 Å². The van der Waals surface area contributed by atoms with Gasteiger partial charge in [0.25, 0.3) is 5.91 Å². The zero-order valence-electron chi connectivity index (χ0n) is 12.1. The maximum absolute atomic E-state index is 12.1. The Bertz CT molecular complexity index is 781. The Morgan fingerprint density at radius 3 is 3.04 bits per heavy atom. The van der Waals surface area contributed by atoms with Gasteiger partial charge in [0, 0.05) is 17.1 Å². The number of aryl methyl sites for hydroxylation is 1. The van der Waals surface area contributed by atoms with Crippen LogP contribution in [0.4, 0.5) is 5.69 Å². The highest BCUT2D eigenvalue weighted by Crippen LogP contribution is 2.31. The molecule has 0 bridgehead atoms. The minimum atomic E-state index is -0.358. The fraction of sp³-hybridized carbons (Fsp3) is 0.188. The van der Waals surface area contributed by atoms with Crippen molar-refractivity contribution in [1.29, 1.82) is 5.26 Å². The quantitative estimate of drug-likeness (QED) is 0.512. The number of anilines is 1. The minimum Gasteiger partial charge on any atom is -0.459 e. The number of rotatable bonds is 2. The number of nitrogens with one attached hydrogen (secondary N) is 1. The van der Waals surface area contributed by atoms with E-state index in [1.165, 1.54) is 6.26 Å². The first-order valence-corrected chi connectivity index (χ1v) is 8.27. The van der Waals surface area contributed by atoms with Gasteiger partial charge in [0.2, 0.25) is 0 Å². The van der Waals surface area contributed by atoms with Gasteiger partial charge in [-0.15, -0.1) is 0 Å². The fourth-order valence-corrected chi connectivity index (χ4v) is 3.26. The number of carbonyl (C=O) groups is 1. The molecule has 0 radical (unpaired) electrons. The third kappa shape index (κ3) is 3.38. The summed E-state index contributed by atoms with van der Waals surface area (Å²) in [6.07, 6.45) is 3.31. The monoisotopic (exact) mass is 343 g/mol. The van der Waals surface area contributed by atoms with Crippen LogP contribution in [0.3, 0.4) is 0 Å². The number of furan rings is 1. The van der Waals surface area contributed by atoms with Crippen LogP contribution in [0.25, 0.3) is 0 Å². The zero-order valence-corrected chi connectivity index (χ0v) is 13.7. The van der Waals surface area contributed by atoms with Gasteiger partial charge in [-0.3, -0.25) is 10.1 Å². The van der Waals surface area contributed by atoms with Crippen LogP contribution < -0.4 is 10.2 Å². The molecule has 1 amide bonds. The highest BCUT2D eigenvalue weighted by Gasteiger charge is 2.22. The van der Waals surface area contributed by atoms with Crippen LogP contribution >= 0.6 is 24.0 Å². The normalized spacial score (nSPS) is 13.1. The second-order valence-corrected chi connectivity index (χ2v) is 6.22. The summed E-state index contributed by atoms with van der Waals surface area (Å²) in [5.41, 5.74) is 2.11. The van der Waals surface area contributed by atoms with Gasteiger partial charge in [-0.1, -0.05) is 0 Å². The summed E-state index contributed by atoms with van der Waals surface area (Å²) >= 11 is 6.52. The molecule has 2 heterocycles. The van der Waals surface area contributed by atoms with Crippen molar-refractivity contribution in [2.45, 2.75) is 17.7 Å². The molecule has 0 saturated carbocycles. The molecule has 23 heavy (non-hydrogen) atoms. The highest BCUT2D eigenvalue weighted by atomic mass is 32.2. The lowest BCUT2D eigenvalue weighted by molar-refractivity contribution is 0.0950. The minimum absolute atomic E-state index is 0.227. The maximum atomic E-state index is 12.1. The molecule has 1 N–H and O–H groups in total. The number of thioether (sulfide) groups is 1. The Kier molecular flexibility index (Phi) is 4.65. The van der Waals surface area contributed by atoms with Gasteiger partial charge in [0.05, 0.1) is 6.26 Å². The van der Waals surface area contributed by atoms with Crippen molar-refractivity contribution >= 4 is 40.7 Å². The van der Waals surface area contributed by atoms with E-state index in [-0.39, 0.29) is 11.7 Å². The van der Waals surface area contributed by atoms with Crippen LogP contribution in [0.1, 0.15) is 22.5 Å². The standard InChI is InChI=1S/C16H13N3O2S2/c17-10-23-12-5-6-13-11(9-12)3-1-7-19(13)16(22)18-15(20)14-4-2-8-21-14/h2,4-6,8-9H,1,3,7H2,(H,18,20,22). The first-order valence-electron chi connectivity index (χ1n) is 7.04. The molecular formula is C16H13N3O2S2. The number of thiocyanates is 1. The molecule has 5 nitrogen and oxygen atoms in total. The van der Waals surface area contributed by atoms with E-state index in [9.17, 15) is 4.79 Å². The van der Waals surface area contributed by atoms with E-state index in [1.807, 2.05) is 23.1 Å². The topological polar surface area (TPSA) is 69.3 Å². The van der Waals surface area contributed by atoms with Crippen LogP contribution in [0.15, 0.2) is 45.9 Å². The average Bonchev–Trinajstić information content (AvgIpc) is 3.09. The summed E-state index contributed by atoms with van der Waals surface area (Å²) in [6, 6.07) is 9.09. The van der Waals surface area contributed by atoms with Crippen molar-refractivity contribution in [3.63, 3.8) is 0 Å². The SMILES string of the molecule is N#CSc1ccc2c(c1)CCCN2C(=S)NC(=O)c1ccco1. The number of amides is 1. The van der Waals surface area contributed by atoms with Gasteiger partial charge in [0.1, 0.15) is 5.40 Å². The zero-order chi connectivity index (χ0) is 16.2. The first kappa shape index (κ1) is 15.6. The molecule has 0 unspecified atom stereocenters. The smallest absolute Gasteiger partial charge is 0.293 e. The number of benzene rings is 1. The molecule has 0 atom stereocenters. The number of nitrogens with zero attached hydrogens (tertiary/aromatic N) is 2. The molecular weight excluding hydrogens is 330 g/mol. The molecule has 7 heteroatoms. The number of hydrogen-bond donors (Lipinski definition) is 1. The maximum Gasteiger partial charge on any atom is 0.293 e. The number of nitriles is 1. The highest BCUT2D eigenvalue weighted by molar-refractivity contribution is 8.03. The van der Waals surface area contributed by atoms with Gasteiger partial charge in [-0.2, -0.15) is 5.26 Å². The van der Waals surface area contributed by atoms with E-state index < -0.39 is 0 Å². The van der Waals surface area contributed by atoms with Crippen molar-refractivity contribution in [2.24, 2.45) is 0 Å². The third-order valence-corrected chi connectivity index (χ3v) is 4.45. The lowest BCUT2D eigenvalue weighted by Gasteiger charge is -2.31. The Labute approximate surface area is 143 Å². The van der Waals surface area contributed by atoms with E-state index in [1.54, 1.807) is 12.1 Å². The van der Waals surface area contributed by atoms with Crippen LogP contribution in [-0.2, 0) is 6.42 Å². The fourth-order valence-electron chi connectivity index (χ4n) is 2.53. The van der Waals surface area contributed by atoms with E-state index in [2.05, 4.69) is 10.7 Å². The van der Waals surface area contributed by atoms with Crippen molar-refractivity contribution in [1.82, 2.24) is 5.32 Å². The Morgan fingerprint density at radius 1 is 1.43 bits per heavy atom. The van der Waals surface area contributed by atoms with E-state index in [0.717, 1.165) is 47.3 Å². The summed E-state index contributed by atoms with van der Waals surface area (Å²) in [7, 11) is 0. The lowest BCUT2D eigenvalue weighted by Crippen LogP contribution is -2.45. The van der Waals surface area contributed by atoms with Crippen molar-refractivity contribution < 1.29 is 9.21 Å². The van der Waals surface area contributed by atoms with Gasteiger partial charge in [-0.25, -0.2) is 0 Å². The second kappa shape index (κ2) is 6.86. The summed E-state index contributed by atoms with van der Waals surface area (Å²) in [5.74, 6) is -0.130. The Morgan fingerprint density at radius 2 is 2.30 bits per heavy atom. The van der Waals surface area contributed by atoms with Crippen molar-refractivity contribution in [3.8, 4) is 5.40 Å². The van der Waals surface area contributed by atoms with Crippen LogP contribution in [0.5, 0.6) is 0 Å². The largest absolute Gasteiger partial charge is 0.459 e. The summed E-state index contributed by atoms with van der Waals surface area (Å²) in [6.45, 7) is 0.745. The average molecular weight is 343 g/mol. The van der Waals surface area contributed by atoms with E-state index >= 15 is 0 Å². The molecule has 1 aliphatic rings. The summed E-state index contributed by atoms with van der Waals surface area (Å²) in [5, 5.41) is 13.9. The molecule has 116 valence electrons. The van der Waals surface area contributed by atoms with Crippen LogP contribution in [0.2, 0.25) is 0 Å². The number of thiocarbonyl (C=S) groups is 1. The molecule has 1 aliphatic heterocycles. The predicted molar refractivity (Wildman–Crippen MR) is 92.4 cm³/mol. The van der Waals surface area contributed by atoms with Crippen LogP contribution in [-0.4, -0.2) is 17.6 Å². The number of fused-ring (bicyclic) bond motifs is 1. The van der Waals surface area contributed by atoms with E-state index in [0.29, 0.717) is 5.11 Å². The predicted octanol–water partition coefficient (Wildman–Crippen LogP) is 3.32. The first-order chi connectivity index (χ1) is 11.2. The lowest BCUT2D eigenvalue weighted by atomic mass is 10.0. The van der Waals surface area contributed by atoms with Crippen molar-refractivity contribution in [3.05, 3.63) is 47.9 Å². The molecule has 3 rings (SSSR count). The van der Waals surface area contributed by atoms with Crippen LogP contribution in [0, 0.1) is 10.7 Å². The molecule has 1 aromatic carbocycles.